The van der Waals surface area contributed by atoms with Crippen LogP contribution in [0.2, 0.25) is 0 Å². The summed E-state index contributed by atoms with van der Waals surface area (Å²) in [5.74, 6) is -0.102. The van der Waals surface area contributed by atoms with Crippen molar-refractivity contribution in [1.82, 2.24) is 25.2 Å². The van der Waals surface area contributed by atoms with Crippen molar-refractivity contribution in [2.75, 3.05) is 32.7 Å². The largest absolute Gasteiger partial charge is 0.391 e. The van der Waals surface area contributed by atoms with Crippen molar-refractivity contribution in [2.24, 2.45) is 5.73 Å². The maximum Gasteiger partial charge on any atom is 0.250 e. The Balaban J connectivity index is 2.05. The first-order valence-corrected chi connectivity index (χ1v) is 7.92. The Bertz CT molecular complexity index is 470. The lowest BCUT2D eigenvalue weighted by molar-refractivity contribution is -0.138. The minimum atomic E-state index is -0.819. The fourth-order valence-electron chi connectivity index (χ4n) is 2.63. The molecule has 2 rings (SSSR count). The van der Waals surface area contributed by atoms with Crippen LogP contribution in [0.15, 0.2) is 6.20 Å². The molecule has 0 bridgehead atoms. The Morgan fingerprint density at radius 3 is 2.82 bits per heavy atom. The van der Waals surface area contributed by atoms with E-state index in [2.05, 4.69) is 15.6 Å². The zero-order chi connectivity index (χ0) is 15.9. The molecule has 4 N–H and O–H groups in total. The molecule has 124 valence electrons. The van der Waals surface area contributed by atoms with Crippen molar-refractivity contribution in [3.05, 3.63) is 11.9 Å². The number of piperazine rings is 1. The van der Waals surface area contributed by atoms with Gasteiger partial charge in [0.1, 0.15) is 0 Å². The Hall–Kier alpha value is -1.51. The summed E-state index contributed by atoms with van der Waals surface area (Å²) in [7, 11) is 0. The summed E-state index contributed by atoms with van der Waals surface area (Å²) in [5, 5.41) is 21.4. The molecular formula is C14H26N6O2. The van der Waals surface area contributed by atoms with Crippen LogP contribution in [0.1, 0.15) is 31.5 Å². The van der Waals surface area contributed by atoms with Crippen molar-refractivity contribution in [3.8, 4) is 0 Å². The quantitative estimate of drug-likeness (QED) is 0.552. The van der Waals surface area contributed by atoms with Crippen LogP contribution in [0.4, 0.5) is 0 Å². The van der Waals surface area contributed by atoms with Gasteiger partial charge in [0.05, 0.1) is 11.8 Å². The number of aromatic nitrogens is 3. The zero-order valence-electron chi connectivity index (χ0n) is 13.1. The lowest BCUT2D eigenvalue weighted by Gasteiger charge is -2.31. The third kappa shape index (κ3) is 4.25. The SMILES string of the molecule is CC(O)C(C(=O)N1CCNCC1)n1cc(CCCCN)nn1. The third-order valence-corrected chi connectivity index (χ3v) is 3.87. The van der Waals surface area contributed by atoms with E-state index in [1.165, 1.54) is 4.68 Å². The smallest absolute Gasteiger partial charge is 0.250 e. The van der Waals surface area contributed by atoms with Gasteiger partial charge in [-0.1, -0.05) is 5.21 Å². The lowest BCUT2D eigenvalue weighted by atomic mass is 10.1. The number of hydrogen-bond acceptors (Lipinski definition) is 6. The molecule has 2 heterocycles. The lowest BCUT2D eigenvalue weighted by Crippen LogP contribution is -2.50. The highest BCUT2D eigenvalue weighted by atomic mass is 16.3. The molecule has 1 aromatic heterocycles. The van der Waals surface area contributed by atoms with E-state index in [9.17, 15) is 9.90 Å². The first kappa shape index (κ1) is 16.9. The molecule has 0 radical (unpaired) electrons. The number of nitrogens with zero attached hydrogens (tertiary/aromatic N) is 4. The van der Waals surface area contributed by atoms with Crippen molar-refractivity contribution in [3.63, 3.8) is 0 Å². The predicted molar refractivity (Wildman–Crippen MR) is 82.2 cm³/mol. The molecule has 2 unspecified atom stereocenters. The van der Waals surface area contributed by atoms with Gasteiger partial charge in [-0.25, -0.2) is 4.68 Å². The maximum absolute atomic E-state index is 12.6. The number of carbonyl (C=O) groups is 1. The van der Waals surface area contributed by atoms with Gasteiger partial charge >= 0.3 is 0 Å². The molecule has 1 aliphatic rings. The molecule has 0 saturated carbocycles. The van der Waals surface area contributed by atoms with Gasteiger partial charge in [0, 0.05) is 32.4 Å². The number of hydrogen-bond donors (Lipinski definition) is 3. The average Bonchev–Trinajstić information content (AvgIpc) is 2.96. The van der Waals surface area contributed by atoms with Crippen LogP contribution < -0.4 is 11.1 Å². The fourth-order valence-corrected chi connectivity index (χ4v) is 2.63. The second kappa shape index (κ2) is 8.21. The average molecular weight is 310 g/mol. The molecule has 2 atom stereocenters. The summed E-state index contributed by atoms with van der Waals surface area (Å²) in [6.45, 7) is 5.13. The van der Waals surface area contributed by atoms with Gasteiger partial charge in [-0.3, -0.25) is 4.79 Å². The standard InChI is InChI=1S/C14H26N6O2/c1-11(21)13(14(22)19-8-6-16-7-9-19)20-10-12(17-18-20)4-2-3-5-15/h10-11,13,16,21H,2-9,15H2,1H3. The number of amides is 1. The van der Waals surface area contributed by atoms with Crippen molar-refractivity contribution in [1.29, 1.82) is 0 Å². The molecule has 0 spiro atoms. The Morgan fingerprint density at radius 2 is 2.18 bits per heavy atom. The monoisotopic (exact) mass is 310 g/mol. The topological polar surface area (TPSA) is 109 Å². The summed E-state index contributed by atoms with van der Waals surface area (Å²) in [4.78, 5) is 14.4. The molecule has 8 nitrogen and oxygen atoms in total. The van der Waals surface area contributed by atoms with Gasteiger partial charge in [-0.2, -0.15) is 0 Å². The third-order valence-electron chi connectivity index (χ3n) is 3.87. The van der Waals surface area contributed by atoms with E-state index >= 15 is 0 Å². The van der Waals surface area contributed by atoms with E-state index in [1.54, 1.807) is 18.0 Å². The van der Waals surface area contributed by atoms with E-state index in [0.717, 1.165) is 38.0 Å². The normalized spacial score (nSPS) is 18.2. The number of nitrogens with two attached hydrogens (primary N) is 1. The molecule has 1 amide bonds. The van der Waals surface area contributed by atoms with E-state index < -0.39 is 12.1 Å². The van der Waals surface area contributed by atoms with Gasteiger partial charge < -0.3 is 21.1 Å². The van der Waals surface area contributed by atoms with Crippen LogP contribution >= 0.6 is 0 Å². The second-order valence-electron chi connectivity index (χ2n) is 5.70. The van der Waals surface area contributed by atoms with Crippen LogP contribution in [0, 0.1) is 0 Å². The molecule has 1 saturated heterocycles. The summed E-state index contributed by atoms with van der Waals surface area (Å²) in [6, 6.07) is -0.714. The highest BCUT2D eigenvalue weighted by molar-refractivity contribution is 5.81. The van der Waals surface area contributed by atoms with E-state index in [4.69, 9.17) is 5.73 Å². The zero-order valence-corrected chi connectivity index (χ0v) is 13.1. The Labute approximate surface area is 130 Å². The number of aliphatic hydroxyl groups excluding tert-OH is 1. The van der Waals surface area contributed by atoms with Crippen LogP contribution in [-0.2, 0) is 11.2 Å². The van der Waals surface area contributed by atoms with E-state index in [0.29, 0.717) is 19.6 Å². The number of nitrogens with one attached hydrogen (secondary N) is 1. The molecule has 1 aromatic rings. The second-order valence-corrected chi connectivity index (χ2v) is 5.70. The number of rotatable bonds is 7. The first-order valence-electron chi connectivity index (χ1n) is 7.92. The van der Waals surface area contributed by atoms with Gasteiger partial charge in [0.2, 0.25) is 5.91 Å². The summed E-state index contributed by atoms with van der Waals surface area (Å²) in [5.41, 5.74) is 6.30. The molecule has 22 heavy (non-hydrogen) atoms. The maximum atomic E-state index is 12.6. The Morgan fingerprint density at radius 1 is 1.45 bits per heavy atom. The van der Waals surface area contributed by atoms with Crippen LogP contribution in [0.3, 0.4) is 0 Å². The first-order chi connectivity index (χ1) is 10.6. The summed E-state index contributed by atoms with van der Waals surface area (Å²) in [6.07, 6.45) is 3.60. The molecular weight excluding hydrogens is 284 g/mol. The number of unbranched alkanes of at least 4 members (excludes halogenated alkanes) is 1. The van der Waals surface area contributed by atoms with Gasteiger partial charge in [0.15, 0.2) is 6.04 Å². The van der Waals surface area contributed by atoms with Gasteiger partial charge in [-0.15, -0.1) is 5.10 Å². The van der Waals surface area contributed by atoms with Crippen molar-refractivity contribution in [2.45, 2.75) is 38.3 Å². The highest BCUT2D eigenvalue weighted by Crippen LogP contribution is 2.16. The van der Waals surface area contributed by atoms with Gasteiger partial charge in [-0.05, 0) is 32.7 Å². The molecule has 1 fully saturated rings. The van der Waals surface area contributed by atoms with Crippen LogP contribution in [0.25, 0.3) is 0 Å². The molecule has 1 aliphatic heterocycles. The predicted octanol–water partition coefficient (Wildman–Crippen LogP) is -1.09. The summed E-state index contributed by atoms with van der Waals surface area (Å²) < 4.78 is 1.49. The number of carbonyl (C=O) groups excluding carboxylic acids is 1. The van der Waals surface area contributed by atoms with E-state index in [-0.39, 0.29) is 5.91 Å². The minimum Gasteiger partial charge on any atom is -0.391 e. The van der Waals surface area contributed by atoms with Gasteiger partial charge in [0.25, 0.3) is 0 Å². The van der Waals surface area contributed by atoms with Crippen LogP contribution in [0.5, 0.6) is 0 Å². The van der Waals surface area contributed by atoms with Crippen molar-refractivity contribution < 1.29 is 9.90 Å². The molecule has 0 aliphatic carbocycles. The van der Waals surface area contributed by atoms with Crippen molar-refractivity contribution >= 4 is 5.91 Å². The fraction of sp³-hybridized carbons (Fsp3) is 0.786. The van der Waals surface area contributed by atoms with E-state index in [1.807, 2.05) is 0 Å². The minimum absolute atomic E-state index is 0.102. The Kier molecular flexibility index (Phi) is 6.29. The highest BCUT2D eigenvalue weighted by Gasteiger charge is 2.31. The molecule has 0 aromatic carbocycles. The molecule has 8 heteroatoms. The summed E-state index contributed by atoms with van der Waals surface area (Å²) >= 11 is 0. The van der Waals surface area contributed by atoms with Crippen LogP contribution in [-0.4, -0.2) is 69.7 Å². The number of aryl methyl sites for hydroxylation is 1. The number of aliphatic hydroxyl groups is 1.